The van der Waals surface area contributed by atoms with E-state index in [1.165, 1.54) is 6.20 Å². The summed E-state index contributed by atoms with van der Waals surface area (Å²) in [5, 5.41) is 9.24. The predicted molar refractivity (Wildman–Crippen MR) is 61.7 cm³/mol. The number of amides is 1. The van der Waals surface area contributed by atoms with Gasteiger partial charge in [-0.1, -0.05) is 0 Å². The molecule has 0 aliphatic carbocycles. The van der Waals surface area contributed by atoms with Gasteiger partial charge in [0.25, 0.3) is 5.91 Å². The highest BCUT2D eigenvalue weighted by molar-refractivity contribution is 9.10. The Morgan fingerprint density at radius 1 is 1.44 bits per heavy atom. The van der Waals surface area contributed by atoms with Crippen molar-refractivity contribution in [3.63, 3.8) is 0 Å². The van der Waals surface area contributed by atoms with Crippen molar-refractivity contribution in [1.29, 1.82) is 0 Å². The van der Waals surface area contributed by atoms with E-state index < -0.39 is 0 Å². The van der Waals surface area contributed by atoms with Crippen LogP contribution in [0.4, 0.5) is 0 Å². The van der Waals surface area contributed by atoms with Crippen LogP contribution in [0, 0.1) is 0 Å². The number of aromatic amines is 1. The van der Waals surface area contributed by atoms with Crippen molar-refractivity contribution in [2.24, 2.45) is 0 Å². The predicted octanol–water partition coefficient (Wildman–Crippen LogP) is 1.50. The highest BCUT2D eigenvalue weighted by Gasteiger charge is 2.06. The minimum atomic E-state index is -0.157. The van der Waals surface area contributed by atoms with E-state index in [9.17, 15) is 4.79 Å². The van der Waals surface area contributed by atoms with Crippen LogP contribution in [0.1, 0.15) is 15.9 Å². The van der Waals surface area contributed by atoms with Gasteiger partial charge >= 0.3 is 0 Å². The van der Waals surface area contributed by atoms with Crippen molar-refractivity contribution >= 4 is 21.8 Å². The molecule has 0 aromatic carbocycles. The van der Waals surface area contributed by atoms with E-state index in [2.05, 4.69) is 36.4 Å². The number of H-pyrrole nitrogens is 1. The van der Waals surface area contributed by atoms with Crippen LogP contribution in [-0.4, -0.2) is 21.1 Å². The van der Waals surface area contributed by atoms with Gasteiger partial charge in [0.15, 0.2) is 0 Å². The Morgan fingerprint density at radius 3 is 3.00 bits per heavy atom. The van der Waals surface area contributed by atoms with Crippen LogP contribution in [0.25, 0.3) is 0 Å². The normalized spacial score (nSPS) is 10.1. The molecule has 6 heteroatoms. The summed E-state index contributed by atoms with van der Waals surface area (Å²) in [6.45, 7) is 0.446. The van der Waals surface area contributed by atoms with Crippen molar-refractivity contribution < 1.29 is 4.79 Å². The van der Waals surface area contributed by atoms with E-state index in [0.717, 1.165) is 10.0 Å². The molecule has 0 atom stereocenters. The van der Waals surface area contributed by atoms with Crippen molar-refractivity contribution in [1.82, 2.24) is 20.5 Å². The molecule has 82 valence electrons. The summed E-state index contributed by atoms with van der Waals surface area (Å²) >= 11 is 3.26. The zero-order chi connectivity index (χ0) is 11.4. The first kappa shape index (κ1) is 10.8. The van der Waals surface area contributed by atoms with Gasteiger partial charge < -0.3 is 5.32 Å². The van der Waals surface area contributed by atoms with Gasteiger partial charge in [0.1, 0.15) is 0 Å². The molecule has 0 aliphatic rings. The molecule has 2 rings (SSSR count). The lowest BCUT2D eigenvalue weighted by Gasteiger charge is -2.03. The molecule has 2 heterocycles. The Kier molecular flexibility index (Phi) is 3.31. The Bertz CT molecular complexity index is 483. The molecule has 2 aromatic heterocycles. The monoisotopic (exact) mass is 280 g/mol. The summed E-state index contributed by atoms with van der Waals surface area (Å²) < 4.78 is 0.781. The number of pyridine rings is 1. The van der Waals surface area contributed by atoms with E-state index in [0.29, 0.717) is 12.1 Å². The van der Waals surface area contributed by atoms with E-state index in [4.69, 9.17) is 0 Å². The minimum Gasteiger partial charge on any atom is -0.348 e. The second kappa shape index (κ2) is 4.89. The smallest absolute Gasteiger partial charge is 0.253 e. The maximum atomic E-state index is 11.7. The number of aromatic nitrogens is 3. The van der Waals surface area contributed by atoms with Crippen LogP contribution < -0.4 is 5.32 Å². The van der Waals surface area contributed by atoms with Gasteiger partial charge in [0, 0.05) is 35.2 Å². The first-order valence-electron chi connectivity index (χ1n) is 4.62. The Balaban J connectivity index is 1.98. The fourth-order valence-corrected chi connectivity index (χ4v) is 1.56. The van der Waals surface area contributed by atoms with Crippen LogP contribution in [0.5, 0.6) is 0 Å². The molecule has 2 aromatic rings. The van der Waals surface area contributed by atoms with Crippen LogP contribution >= 0.6 is 15.9 Å². The maximum absolute atomic E-state index is 11.7. The van der Waals surface area contributed by atoms with Gasteiger partial charge in [-0.15, -0.1) is 0 Å². The third-order valence-electron chi connectivity index (χ3n) is 1.97. The average molecular weight is 281 g/mol. The SMILES string of the molecule is O=C(NCc1cn[nH]c1)c1cncc(Br)c1. The van der Waals surface area contributed by atoms with E-state index in [-0.39, 0.29) is 5.91 Å². The number of nitrogens with one attached hydrogen (secondary N) is 2. The molecular weight excluding hydrogens is 272 g/mol. The van der Waals surface area contributed by atoms with Gasteiger partial charge in [-0.2, -0.15) is 5.10 Å². The topological polar surface area (TPSA) is 70.7 Å². The molecule has 0 saturated heterocycles. The third kappa shape index (κ3) is 2.66. The molecule has 16 heavy (non-hydrogen) atoms. The minimum absolute atomic E-state index is 0.157. The first-order chi connectivity index (χ1) is 7.75. The quantitative estimate of drug-likeness (QED) is 0.895. The number of nitrogens with zero attached hydrogens (tertiary/aromatic N) is 2. The summed E-state index contributed by atoms with van der Waals surface area (Å²) in [5.41, 5.74) is 1.45. The molecule has 0 spiro atoms. The average Bonchev–Trinajstić information content (AvgIpc) is 2.78. The summed E-state index contributed by atoms with van der Waals surface area (Å²) in [4.78, 5) is 15.6. The molecule has 2 N–H and O–H groups in total. The number of carbonyl (C=O) groups excluding carboxylic acids is 1. The third-order valence-corrected chi connectivity index (χ3v) is 2.41. The standard InChI is InChI=1S/C10H9BrN4O/c11-9-1-8(5-12-6-9)10(16)13-2-7-3-14-15-4-7/h1,3-6H,2H2,(H,13,16)(H,14,15). The van der Waals surface area contributed by atoms with E-state index in [1.807, 2.05) is 0 Å². The largest absolute Gasteiger partial charge is 0.348 e. The van der Waals surface area contributed by atoms with Crippen LogP contribution in [0.2, 0.25) is 0 Å². The van der Waals surface area contributed by atoms with Gasteiger partial charge in [-0.05, 0) is 22.0 Å². The van der Waals surface area contributed by atoms with Gasteiger partial charge in [-0.25, -0.2) is 0 Å². The summed E-state index contributed by atoms with van der Waals surface area (Å²) in [7, 11) is 0. The number of carbonyl (C=O) groups is 1. The highest BCUT2D eigenvalue weighted by Crippen LogP contribution is 2.09. The summed E-state index contributed by atoms with van der Waals surface area (Å²) in [6.07, 6.45) is 6.56. The van der Waals surface area contributed by atoms with Crippen molar-refractivity contribution in [2.75, 3.05) is 0 Å². The molecule has 5 nitrogen and oxygen atoms in total. The fourth-order valence-electron chi connectivity index (χ4n) is 1.19. The Morgan fingerprint density at radius 2 is 2.31 bits per heavy atom. The van der Waals surface area contributed by atoms with Crippen molar-refractivity contribution in [2.45, 2.75) is 6.54 Å². The van der Waals surface area contributed by atoms with Gasteiger partial charge in [0.05, 0.1) is 11.8 Å². The number of hydrogen-bond donors (Lipinski definition) is 2. The zero-order valence-corrected chi connectivity index (χ0v) is 9.86. The summed E-state index contributed by atoms with van der Waals surface area (Å²) in [5.74, 6) is -0.157. The van der Waals surface area contributed by atoms with Crippen LogP contribution in [-0.2, 0) is 6.54 Å². The molecule has 1 amide bonds. The molecule has 0 unspecified atom stereocenters. The van der Waals surface area contributed by atoms with Gasteiger partial charge in [0.2, 0.25) is 0 Å². The lowest BCUT2D eigenvalue weighted by Crippen LogP contribution is -2.22. The second-order valence-electron chi connectivity index (χ2n) is 3.18. The van der Waals surface area contributed by atoms with Crippen molar-refractivity contribution in [3.05, 3.63) is 46.5 Å². The lowest BCUT2D eigenvalue weighted by molar-refractivity contribution is 0.0950. The number of rotatable bonds is 3. The second-order valence-corrected chi connectivity index (χ2v) is 4.10. The maximum Gasteiger partial charge on any atom is 0.253 e. The first-order valence-corrected chi connectivity index (χ1v) is 5.41. The number of halogens is 1. The van der Waals surface area contributed by atoms with E-state index >= 15 is 0 Å². The Hall–Kier alpha value is -1.69. The molecule has 0 saturated carbocycles. The fraction of sp³-hybridized carbons (Fsp3) is 0.100. The molecule has 0 fully saturated rings. The number of hydrogen-bond acceptors (Lipinski definition) is 3. The summed E-state index contributed by atoms with van der Waals surface area (Å²) in [6, 6.07) is 1.72. The Labute approximate surface area is 100 Å². The molecule has 0 radical (unpaired) electrons. The lowest BCUT2D eigenvalue weighted by atomic mass is 10.2. The zero-order valence-electron chi connectivity index (χ0n) is 8.27. The molecule has 0 aliphatic heterocycles. The van der Waals surface area contributed by atoms with Crippen LogP contribution in [0.3, 0.4) is 0 Å². The van der Waals surface area contributed by atoms with Crippen LogP contribution in [0.15, 0.2) is 35.3 Å². The molecular formula is C10H9BrN4O. The highest BCUT2D eigenvalue weighted by atomic mass is 79.9. The van der Waals surface area contributed by atoms with Crippen molar-refractivity contribution in [3.8, 4) is 0 Å². The van der Waals surface area contributed by atoms with E-state index in [1.54, 1.807) is 24.7 Å². The molecule has 0 bridgehead atoms. The van der Waals surface area contributed by atoms with Gasteiger partial charge in [-0.3, -0.25) is 14.9 Å².